The summed E-state index contributed by atoms with van der Waals surface area (Å²) in [4.78, 5) is 0. The second-order valence-electron chi connectivity index (χ2n) is 16.8. The van der Waals surface area contributed by atoms with Crippen molar-refractivity contribution >= 4 is 65.6 Å². The van der Waals surface area contributed by atoms with Gasteiger partial charge in [-0.3, -0.25) is 0 Å². The molecule has 0 saturated heterocycles. The van der Waals surface area contributed by atoms with Gasteiger partial charge in [0.25, 0.3) is 0 Å². The van der Waals surface area contributed by atoms with Crippen LogP contribution in [0, 0.1) is 11.3 Å². The zero-order valence-corrected chi connectivity index (χ0v) is 35.1. The van der Waals surface area contributed by atoms with Gasteiger partial charge < -0.3 is 13.6 Å². The van der Waals surface area contributed by atoms with Crippen molar-refractivity contribution in [1.82, 2.24) is 9.13 Å². The number of para-hydroxylation sites is 1. The summed E-state index contributed by atoms with van der Waals surface area (Å²) in [6.45, 7) is 0. The molecular weight excluding hydrogens is 791 g/mol. The minimum atomic E-state index is 0.556. The van der Waals surface area contributed by atoms with Crippen LogP contribution in [-0.2, 0) is 0 Å². The van der Waals surface area contributed by atoms with Gasteiger partial charge in [0, 0.05) is 33.0 Å². The minimum Gasteiger partial charge on any atom is -0.456 e. The molecule has 4 nitrogen and oxygen atoms in total. The van der Waals surface area contributed by atoms with Gasteiger partial charge >= 0.3 is 0 Å². The highest BCUT2D eigenvalue weighted by atomic mass is 16.3. The maximum Gasteiger partial charge on any atom is 0.139 e. The molecule has 13 rings (SSSR count). The summed E-state index contributed by atoms with van der Waals surface area (Å²) >= 11 is 0. The zero-order valence-electron chi connectivity index (χ0n) is 35.1. The van der Waals surface area contributed by atoms with E-state index in [0.29, 0.717) is 11.1 Å². The van der Waals surface area contributed by atoms with Crippen LogP contribution in [0.1, 0.15) is 5.56 Å². The van der Waals surface area contributed by atoms with E-state index in [2.05, 4.69) is 221 Å². The van der Waals surface area contributed by atoms with Gasteiger partial charge in [-0.15, -0.1) is 0 Å². The van der Waals surface area contributed by atoms with Gasteiger partial charge in [0.15, 0.2) is 0 Å². The number of rotatable bonds is 6. The summed E-state index contributed by atoms with van der Waals surface area (Å²) in [5, 5.41) is 18.1. The van der Waals surface area contributed by atoms with Gasteiger partial charge in [0.2, 0.25) is 0 Å². The van der Waals surface area contributed by atoms with E-state index >= 15 is 0 Å². The van der Waals surface area contributed by atoms with Crippen molar-refractivity contribution in [1.29, 1.82) is 5.26 Å². The van der Waals surface area contributed by atoms with E-state index in [4.69, 9.17) is 4.42 Å². The molecule has 0 bridgehead atoms. The van der Waals surface area contributed by atoms with Gasteiger partial charge in [-0.2, -0.15) is 5.26 Å². The maximum absolute atomic E-state index is 11.8. The van der Waals surface area contributed by atoms with Gasteiger partial charge in [0.05, 0.1) is 38.8 Å². The molecule has 3 heterocycles. The highest BCUT2D eigenvalue weighted by Gasteiger charge is 2.27. The highest BCUT2D eigenvalue weighted by molar-refractivity contribution is 6.18. The van der Waals surface area contributed by atoms with Crippen LogP contribution in [0.15, 0.2) is 229 Å². The molecule has 0 atom stereocenters. The smallest absolute Gasteiger partial charge is 0.139 e. The summed E-state index contributed by atoms with van der Waals surface area (Å²) in [5.74, 6) is 0. The number of nitrogens with zero attached hydrogens (tertiary/aromatic N) is 3. The Morgan fingerprint density at radius 2 is 0.692 bits per heavy atom. The fraction of sp³-hybridized carbons (Fsp3) is 0. The molecular formula is C61H37N3O. The third-order valence-corrected chi connectivity index (χ3v) is 13.2. The Bertz CT molecular complexity index is 3850. The van der Waals surface area contributed by atoms with Crippen LogP contribution >= 0.6 is 0 Å². The number of furan rings is 1. The second-order valence-corrected chi connectivity index (χ2v) is 16.8. The van der Waals surface area contributed by atoms with Crippen molar-refractivity contribution in [3.05, 3.63) is 230 Å². The highest BCUT2D eigenvalue weighted by Crippen LogP contribution is 2.46. The van der Waals surface area contributed by atoms with Crippen LogP contribution in [-0.4, -0.2) is 9.13 Å². The molecule has 0 amide bonds. The lowest BCUT2D eigenvalue weighted by Gasteiger charge is -2.17. The van der Waals surface area contributed by atoms with E-state index < -0.39 is 0 Å². The van der Waals surface area contributed by atoms with Gasteiger partial charge in [-0.25, -0.2) is 0 Å². The van der Waals surface area contributed by atoms with Crippen molar-refractivity contribution in [2.45, 2.75) is 0 Å². The van der Waals surface area contributed by atoms with Crippen molar-refractivity contribution < 1.29 is 4.42 Å². The molecule has 10 aromatic carbocycles. The third-order valence-electron chi connectivity index (χ3n) is 13.2. The van der Waals surface area contributed by atoms with E-state index in [0.717, 1.165) is 116 Å². The molecule has 0 aliphatic heterocycles. The van der Waals surface area contributed by atoms with Gasteiger partial charge in [-0.1, -0.05) is 164 Å². The summed E-state index contributed by atoms with van der Waals surface area (Å²) in [7, 11) is 0. The molecule has 3 aromatic heterocycles. The molecule has 0 spiro atoms. The molecule has 0 radical (unpaired) electrons. The average Bonchev–Trinajstić information content (AvgIpc) is 4.03. The third kappa shape index (κ3) is 5.77. The summed E-state index contributed by atoms with van der Waals surface area (Å²) < 4.78 is 11.4. The molecule has 0 unspecified atom stereocenters. The van der Waals surface area contributed by atoms with Crippen LogP contribution in [0.25, 0.3) is 121 Å². The zero-order chi connectivity index (χ0) is 43.0. The molecule has 0 saturated carbocycles. The van der Waals surface area contributed by atoms with Crippen molar-refractivity contribution in [2.75, 3.05) is 0 Å². The SMILES string of the molecule is N#Cc1c(-n2c3ccc(-c4ccccc4)cc3c3cc(-c4ccccc4)ccc32)cc2oc3ccccc3c2c1-n1c2ccc(-c3ccccc3)cc2c2cc(-c3ccccc3)ccc21. The quantitative estimate of drug-likeness (QED) is 0.168. The summed E-state index contributed by atoms with van der Waals surface area (Å²) in [5.41, 5.74) is 16.7. The van der Waals surface area contributed by atoms with Crippen molar-refractivity contribution in [2.24, 2.45) is 0 Å². The monoisotopic (exact) mass is 827 g/mol. The number of hydrogen-bond acceptors (Lipinski definition) is 2. The number of aromatic nitrogens is 2. The van der Waals surface area contributed by atoms with Gasteiger partial charge in [0.1, 0.15) is 22.8 Å². The van der Waals surface area contributed by atoms with Crippen LogP contribution < -0.4 is 0 Å². The first-order valence-corrected chi connectivity index (χ1v) is 22.0. The number of hydrogen-bond donors (Lipinski definition) is 0. The fourth-order valence-corrected chi connectivity index (χ4v) is 10.2. The molecule has 65 heavy (non-hydrogen) atoms. The van der Waals surface area contributed by atoms with Crippen LogP contribution in [0.4, 0.5) is 0 Å². The molecule has 0 fully saturated rings. The molecule has 302 valence electrons. The topological polar surface area (TPSA) is 46.8 Å². The Hall–Kier alpha value is -8.91. The minimum absolute atomic E-state index is 0.556. The van der Waals surface area contributed by atoms with E-state index in [1.54, 1.807) is 0 Å². The van der Waals surface area contributed by atoms with Crippen LogP contribution in [0.5, 0.6) is 0 Å². The number of benzene rings is 10. The largest absolute Gasteiger partial charge is 0.456 e. The fourth-order valence-electron chi connectivity index (χ4n) is 10.2. The lowest BCUT2D eigenvalue weighted by Crippen LogP contribution is -2.05. The molecule has 13 aromatic rings. The Kier molecular flexibility index (Phi) is 8.24. The Balaban J connectivity index is 1.16. The van der Waals surface area contributed by atoms with Crippen LogP contribution in [0.2, 0.25) is 0 Å². The predicted molar refractivity (Wildman–Crippen MR) is 269 cm³/mol. The normalized spacial score (nSPS) is 11.7. The van der Waals surface area contributed by atoms with Crippen molar-refractivity contribution in [3.63, 3.8) is 0 Å². The van der Waals surface area contributed by atoms with E-state index in [-0.39, 0.29) is 0 Å². The number of fused-ring (bicyclic) bond motifs is 9. The Morgan fingerprint density at radius 1 is 0.323 bits per heavy atom. The van der Waals surface area contributed by atoms with E-state index in [1.807, 2.05) is 18.2 Å². The molecule has 0 aliphatic carbocycles. The first-order chi connectivity index (χ1) is 32.2. The van der Waals surface area contributed by atoms with Crippen molar-refractivity contribution in [3.8, 4) is 62.0 Å². The summed E-state index contributed by atoms with van der Waals surface area (Å²) in [6, 6.07) is 82.1. The molecule has 0 aliphatic rings. The van der Waals surface area contributed by atoms with Crippen LogP contribution in [0.3, 0.4) is 0 Å². The Labute approximate surface area is 374 Å². The summed E-state index contributed by atoms with van der Waals surface area (Å²) in [6.07, 6.45) is 0. The standard InChI is InChI=1S/C61H37N3O/c62-38-52-57(63-53-29-25-43(39-15-5-1-6-16-39)33-48(53)49-34-44(26-30-54(49)63)40-17-7-2-8-18-40)37-59-60(47-23-13-14-24-58(47)65-59)61(52)64-55-31-27-45(41-19-9-3-10-20-41)35-50(55)51-36-46(28-32-56(51)64)42-21-11-4-12-22-42/h1-37H. The molecule has 0 N–H and O–H groups in total. The lowest BCUT2D eigenvalue weighted by molar-refractivity contribution is 0.668. The first kappa shape index (κ1) is 36.7. The first-order valence-electron chi connectivity index (χ1n) is 22.0. The van der Waals surface area contributed by atoms with E-state index in [9.17, 15) is 5.26 Å². The predicted octanol–water partition coefficient (Wildman–Crippen LogP) is 16.3. The number of nitriles is 1. The molecule has 4 heteroatoms. The average molecular weight is 828 g/mol. The second kappa shape index (κ2) is 14.6. The Morgan fingerprint density at radius 3 is 1.09 bits per heavy atom. The maximum atomic E-state index is 11.8. The van der Waals surface area contributed by atoms with Gasteiger partial charge in [-0.05, 0) is 99.1 Å². The lowest BCUT2D eigenvalue weighted by atomic mass is 10.0. The van der Waals surface area contributed by atoms with E-state index in [1.165, 1.54) is 0 Å².